The summed E-state index contributed by atoms with van der Waals surface area (Å²) in [5, 5.41) is 9.92. The van der Waals surface area contributed by atoms with Crippen LogP contribution in [0.5, 0.6) is 0 Å². The third-order valence-electron chi connectivity index (χ3n) is 3.16. The first-order valence-electron chi connectivity index (χ1n) is 6.63. The van der Waals surface area contributed by atoms with Crippen molar-refractivity contribution in [1.29, 1.82) is 0 Å². The van der Waals surface area contributed by atoms with E-state index in [1.807, 2.05) is 30.4 Å². The first-order valence-corrected chi connectivity index (χ1v) is 8.84. The summed E-state index contributed by atoms with van der Waals surface area (Å²) < 4.78 is 2.18. The molecule has 5 heteroatoms. The summed E-state index contributed by atoms with van der Waals surface area (Å²) in [6, 6.07) is 6.44. The number of benzene rings is 1. The second-order valence-electron chi connectivity index (χ2n) is 4.51. The van der Waals surface area contributed by atoms with Gasteiger partial charge in [-0.3, -0.25) is 0 Å². The third kappa shape index (κ3) is 3.81. The van der Waals surface area contributed by atoms with Crippen LogP contribution in [0.25, 0.3) is 0 Å². The van der Waals surface area contributed by atoms with Gasteiger partial charge in [-0.25, -0.2) is 4.98 Å². The predicted octanol–water partition coefficient (Wildman–Crippen LogP) is 3.44. The van der Waals surface area contributed by atoms with E-state index in [1.54, 1.807) is 11.8 Å². The van der Waals surface area contributed by atoms with Crippen molar-refractivity contribution in [2.75, 3.05) is 18.6 Å². The van der Waals surface area contributed by atoms with Crippen molar-refractivity contribution in [2.24, 2.45) is 0 Å². The number of hydrogen-bond donors (Lipinski definition) is 1. The maximum atomic E-state index is 8.87. The highest BCUT2D eigenvalue weighted by molar-refractivity contribution is 7.99. The molecule has 0 saturated heterocycles. The summed E-state index contributed by atoms with van der Waals surface area (Å²) in [6.45, 7) is 3.29. The highest BCUT2D eigenvalue weighted by atomic mass is 32.2. The lowest BCUT2D eigenvalue weighted by atomic mass is 10.1. The molecule has 0 aliphatic rings. The van der Waals surface area contributed by atoms with Crippen molar-refractivity contribution in [3.63, 3.8) is 0 Å². The lowest BCUT2D eigenvalue weighted by Crippen LogP contribution is -2.02. The topological polar surface area (TPSA) is 38.0 Å². The van der Waals surface area contributed by atoms with Crippen LogP contribution in [0, 0.1) is 6.92 Å². The first-order chi connectivity index (χ1) is 9.76. The Hall–Kier alpha value is -0.910. The third-order valence-corrected chi connectivity index (χ3v) is 5.11. The molecule has 0 aliphatic carbocycles. The van der Waals surface area contributed by atoms with Crippen LogP contribution in [0.15, 0.2) is 40.6 Å². The summed E-state index contributed by atoms with van der Waals surface area (Å²) in [4.78, 5) is 5.64. The second-order valence-corrected chi connectivity index (χ2v) is 6.42. The molecule has 0 radical (unpaired) electrons. The molecule has 0 unspecified atom stereocenters. The zero-order valence-electron chi connectivity index (χ0n) is 11.9. The molecule has 0 spiro atoms. The van der Waals surface area contributed by atoms with Crippen molar-refractivity contribution in [3.05, 3.63) is 41.7 Å². The van der Waals surface area contributed by atoms with E-state index in [4.69, 9.17) is 5.11 Å². The van der Waals surface area contributed by atoms with Crippen LogP contribution in [-0.2, 0) is 6.54 Å². The van der Waals surface area contributed by atoms with Gasteiger partial charge in [-0.2, -0.15) is 0 Å². The van der Waals surface area contributed by atoms with Crippen LogP contribution in [0.4, 0.5) is 0 Å². The molecule has 2 aromatic rings. The van der Waals surface area contributed by atoms with Crippen molar-refractivity contribution >= 4 is 23.5 Å². The molecule has 1 heterocycles. The SMILES string of the molecule is CSc1nccn1Cc1cccc(SCCCO)c1C. The normalized spacial score (nSPS) is 10.9. The molecule has 20 heavy (non-hydrogen) atoms. The molecular formula is C15H20N2OS2. The Kier molecular flexibility index (Phi) is 6.01. The minimum Gasteiger partial charge on any atom is -0.396 e. The summed E-state index contributed by atoms with van der Waals surface area (Å²) >= 11 is 3.49. The minimum absolute atomic E-state index is 0.262. The largest absolute Gasteiger partial charge is 0.396 e. The number of rotatable bonds is 7. The molecule has 0 fully saturated rings. The fourth-order valence-corrected chi connectivity index (χ4v) is 3.57. The second kappa shape index (κ2) is 7.76. The van der Waals surface area contributed by atoms with Gasteiger partial charge in [0.15, 0.2) is 5.16 Å². The Balaban J connectivity index is 2.14. The Morgan fingerprint density at radius 3 is 2.95 bits per heavy atom. The van der Waals surface area contributed by atoms with Gasteiger partial charge in [0.1, 0.15) is 0 Å². The van der Waals surface area contributed by atoms with Crippen LogP contribution >= 0.6 is 23.5 Å². The van der Waals surface area contributed by atoms with Crippen LogP contribution in [-0.4, -0.2) is 33.3 Å². The van der Waals surface area contributed by atoms with Gasteiger partial charge >= 0.3 is 0 Å². The maximum Gasteiger partial charge on any atom is 0.167 e. The summed E-state index contributed by atoms with van der Waals surface area (Å²) in [5.41, 5.74) is 2.66. The number of aromatic nitrogens is 2. The lowest BCUT2D eigenvalue weighted by molar-refractivity contribution is 0.296. The van der Waals surface area contributed by atoms with E-state index < -0.39 is 0 Å². The van der Waals surface area contributed by atoms with E-state index in [9.17, 15) is 0 Å². The molecule has 2 rings (SSSR count). The highest BCUT2D eigenvalue weighted by Crippen LogP contribution is 2.26. The van der Waals surface area contributed by atoms with Gasteiger partial charge in [0.05, 0.1) is 0 Å². The van der Waals surface area contributed by atoms with E-state index in [1.165, 1.54) is 16.0 Å². The van der Waals surface area contributed by atoms with Gasteiger partial charge < -0.3 is 9.67 Å². The van der Waals surface area contributed by atoms with Gasteiger partial charge in [-0.05, 0) is 36.8 Å². The monoisotopic (exact) mass is 308 g/mol. The van der Waals surface area contributed by atoms with Crippen LogP contribution in [0.3, 0.4) is 0 Å². The fourth-order valence-electron chi connectivity index (χ4n) is 2.02. The van der Waals surface area contributed by atoms with Crippen molar-refractivity contribution in [1.82, 2.24) is 9.55 Å². The van der Waals surface area contributed by atoms with Crippen molar-refractivity contribution in [3.8, 4) is 0 Å². The molecule has 108 valence electrons. The van der Waals surface area contributed by atoms with Crippen molar-refractivity contribution in [2.45, 2.75) is 29.9 Å². The predicted molar refractivity (Wildman–Crippen MR) is 86.7 cm³/mol. The number of aliphatic hydroxyl groups excluding tert-OH is 1. The molecule has 0 saturated carbocycles. The standard InChI is InChI=1S/C15H20N2OS2/c1-12-13(11-17-8-7-16-15(17)19-2)5-3-6-14(12)20-10-4-9-18/h3,5-8,18H,4,9-11H2,1-2H3. The number of imidazole rings is 1. The van der Waals surface area contributed by atoms with Crippen LogP contribution in [0.1, 0.15) is 17.5 Å². The minimum atomic E-state index is 0.262. The smallest absolute Gasteiger partial charge is 0.167 e. The average Bonchev–Trinajstić information content (AvgIpc) is 2.90. The van der Waals surface area contributed by atoms with Crippen molar-refractivity contribution < 1.29 is 5.11 Å². The lowest BCUT2D eigenvalue weighted by Gasteiger charge is -2.12. The summed E-state index contributed by atoms with van der Waals surface area (Å²) in [5.74, 6) is 0.960. The van der Waals surface area contributed by atoms with E-state index in [0.717, 1.165) is 23.9 Å². The average molecular weight is 308 g/mol. The molecular weight excluding hydrogens is 288 g/mol. The quantitative estimate of drug-likeness (QED) is 0.628. The number of thioether (sulfide) groups is 2. The van der Waals surface area contributed by atoms with Crippen LogP contribution < -0.4 is 0 Å². The molecule has 0 atom stereocenters. The van der Waals surface area contributed by atoms with E-state index in [0.29, 0.717) is 0 Å². The molecule has 1 N–H and O–H groups in total. The number of hydrogen-bond acceptors (Lipinski definition) is 4. The van der Waals surface area contributed by atoms with E-state index >= 15 is 0 Å². The van der Waals surface area contributed by atoms with Gasteiger partial charge in [-0.15, -0.1) is 11.8 Å². The fraction of sp³-hybridized carbons (Fsp3) is 0.400. The van der Waals surface area contributed by atoms with Gasteiger partial charge in [0.25, 0.3) is 0 Å². The zero-order valence-corrected chi connectivity index (χ0v) is 13.5. The summed E-state index contributed by atoms with van der Waals surface area (Å²) in [7, 11) is 0. The molecule has 0 amide bonds. The molecule has 1 aromatic heterocycles. The van der Waals surface area contributed by atoms with E-state index in [-0.39, 0.29) is 6.61 Å². The Bertz CT molecular complexity index is 555. The van der Waals surface area contributed by atoms with Gasteiger partial charge in [0, 0.05) is 36.2 Å². The Morgan fingerprint density at radius 1 is 1.35 bits per heavy atom. The number of aliphatic hydroxyl groups is 1. The maximum absolute atomic E-state index is 8.87. The molecule has 1 aromatic carbocycles. The first kappa shape index (κ1) is 15.5. The molecule has 0 bridgehead atoms. The Labute approximate surface area is 128 Å². The van der Waals surface area contributed by atoms with Gasteiger partial charge in [0.2, 0.25) is 0 Å². The highest BCUT2D eigenvalue weighted by Gasteiger charge is 2.07. The van der Waals surface area contributed by atoms with Crippen LogP contribution in [0.2, 0.25) is 0 Å². The number of nitrogens with zero attached hydrogens (tertiary/aromatic N) is 2. The van der Waals surface area contributed by atoms with E-state index in [2.05, 4.69) is 34.7 Å². The zero-order chi connectivity index (χ0) is 14.4. The van der Waals surface area contributed by atoms with Gasteiger partial charge in [-0.1, -0.05) is 23.9 Å². The molecule has 3 nitrogen and oxygen atoms in total. The molecule has 0 aliphatic heterocycles. The summed E-state index contributed by atoms with van der Waals surface area (Å²) in [6.07, 6.45) is 6.76. The Morgan fingerprint density at radius 2 is 2.20 bits per heavy atom.